The Balaban J connectivity index is 1.83. The quantitative estimate of drug-likeness (QED) is 0.667. The predicted molar refractivity (Wildman–Crippen MR) is 82.2 cm³/mol. The average Bonchev–Trinajstić information content (AvgIpc) is 2.47. The highest BCUT2D eigenvalue weighted by atomic mass is 16.6. The summed E-state index contributed by atoms with van der Waals surface area (Å²) < 4.78 is 0. The molecule has 0 saturated carbocycles. The Morgan fingerprint density at radius 2 is 2.24 bits per heavy atom. The lowest BCUT2D eigenvalue weighted by atomic mass is 10.0. The number of benzene rings is 1. The molecule has 6 nitrogen and oxygen atoms in total. The van der Waals surface area contributed by atoms with Gasteiger partial charge in [-0.25, -0.2) is 4.98 Å². The third-order valence-electron chi connectivity index (χ3n) is 3.60. The molecule has 0 atom stereocenters. The van der Waals surface area contributed by atoms with Crippen LogP contribution in [0.5, 0.6) is 0 Å². The van der Waals surface area contributed by atoms with Crippen molar-refractivity contribution in [2.75, 3.05) is 17.2 Å². The molecule has 2 heterocycles. The Morgan fingerprint density at radius 1 is 1.38 bits per heavy atom. The summed E-state index contributed by atoms with van der Waals surface area (Å²) in [7, 11) is 0. The van der Waals surface area contributed by atoms with Crippen molar-refractivity contribution in [3.8, 4) is 0 Å². The molecule has 0 amide bonds. The molecule has 0 unspecified atom stereocenters. The Labute approximate surface area is 122 Å². The van der Waals surface area contributed by atoms with E-state index in [0.717, 1.165) is 25.1 Å². The summed E-state index contributed by atoms with van der Waals surface area (Å²) in [4.78, 5) is 14.5. The lowest BCUT2D eigenvalue weighted by Crippen LogP contribution is -2.11. The second kappa shape index (κ2) is 5.40. The van der Waals surface area contributed by atoms with Gasteiger partial charge >= 0.3 is 0 Å². The van der Waals surface area contributed by atoms with Crippen LogP contribution in [-0.2, 0) is 6.42 Å². The van der Waals surface area contributed by atoms with E-state index >= 15 is 0 Å². The van der Waals surface area contributed by atoms with E-state index in [2.05, 4.69) is 27.8 Å². The van der Waals surface area contributed by atoms with Crippen LogP contribution in [0.2, 0.25) is 0 Å². The normalized spacial score (nSPS) is 13.2. The minimum absolute atomic E-state index is 0.0372. The smallest absolute Gasteiger partial charge is 0.290 e. The van der Waals surface area contributed by atoms with Crippen LogP contribution in [0.1, 0.15) is 17.5 Å². The highest BCUT2D eigenvalue weighted by Gasteiger charge is 2.12. The minimum atomic E-state index is -0.420. The van der Waals surface area contributed by atoms with E-state index in [1.807, 2.05) is 6.07 Å². The second-order valence-electron chi connectivity index (χ2n) is 5.14. The number of hydrogen-bond acceptors (Lipinski definition) is 5. The Kier molecular flexibility index (Phi) is 3.43. The largest absolute Gasteiger partial charge is 0.385 e. The van der Waals surface area contributed by atoms with Gasteiger partial charge in [0.15, 0.2) is 0 Å². The molecule has 0 bridgehead atoms. The van der Waals surface area contributed by atoms with Crippen LogP contribution in [-0.4, -0.2) is 16.5 Å². The monoisotopic (exact) mass is 284 g/mol. The summed E-state index contributed by atoms with van der Waals surface area (Å²) in [6, 6.07) is 7.82. The zero-order valence-corrected chi connectivity index (χ0v) is 11.7. The fourth-order valence-electron chi connectivity index (χ4n) is 2.51. The average molecular weight is 284 g/mol. The topological polar surface area (TPSA) is 80.1 Å². The Morgan fingerprint density at radius 3 is 3.00 bits per heavy atom. The number of nitrogens with zero attached hydrogens (tertiary/aromatic N) is 2. The van der Waals surface area contributed by atoms with Crippen LogP contribution < -0.4 is 10.6 Å². The van der Waals surface area contributed by atoms with Gasteiger partial charge in [0.1, 0.15) is 12.0 Å². The van der Waals surface area contributed by atoms with E-state index in [1.165, 1.54) is 17.4 Å². The zero-order chi connectivity index (χ0) is 14.8. The van der Waals surface area contributed by atoms with Crippen molar-refractivity contribution in [3.05, 3.63) is 51.7 Å². The van der Waals surface area contributed by atoms with Gasteiger partial charge in [0, 0.05) is 23.5 Å². The SMILES string of the molecule is Cc1cc(Nc2ccc3c(c2)CCCN3)ncc1[N+](=O)[O-]. The first kappa shape index (κ1) is 13.4. The molecular formula is C15H16N4O2. The number of anilines is 3. The van der Waals surface area contributed by atoms with Crippen LogP contribution in [0, 0.1) is 17.0 Å². The second-order valence-corrected chi connectivity index (χ2v) is 5.14. The summed E-state index contributed by atoms with van der Waals surface area (Å²) in [6.45, 7) is 2.73. The Bertz CT molecular complexity index is 700. The molecule has 0 radical (unpaired) electrons. The fourth-order valence-corrected chi connectivity index (χ4v) is 2.51. The molecule has 1 aromatic carbocycles. The molecule has 0 fully saturated rings. The third-order valence-corrected chi connectivity index (χ3v) is 3.60. The summed E-state index contributed by atoms with van der Waals surface area (Å²) in [5.74, 6) is 0.613. The first-order valence-corrected chi connectivity index (χ1v) is 6.88. The van der Waals surface area contributed by atoms with Crippen molar-refractivity contribution in [2.45, 2.75) is 19.8 Å². The van der Waals surface area contributed by atoms with Crippen molar-refractivity contribution in [1.82, 2.24) is 4.98 Å². The first-order valence-electron chi connectivity index (χ1n) is 6.88. The van der Waals surface area contributed by atoms with Crippen LogP contribution in [0.15, 0.2) is 30.5 Å². The van der Waals surface area contributed by atoms with E-state index < -0.39 is 4.92 Å². The molecule has 0 saturated heterocycles. The van der Waals surface area contributed by atoms with Crippen LogP contribution in [0.4, 0.5) is 22.9 Å². The van der Waals surface area contributed by atoms with Gasteiger partial charge in [0.05, 0.1) is 4.92 Å². The van der Waals surface area contributed by atoms with E-state index in [-0.39, 0.29) is 5.69 Å². The fraction of sp³-hybridized carbons (Fsp3) is 0.267. The molecular weight excluding hydrogens is 268 g/mol. The van der Waals surface area contributed by atoms with Gasteiger partial charge in [0.2, 0.25) is 0 Å². The highest BCUT2D eigenvalue weighted by molar-refractivity contribution is 5.65. The number of fused-ring (bicyclic) bond motifs is 1. The molecule has 0 aliphatic carbocycles. The molecule has 2 N–H and O–H groups in total. The maximum absolute atomic E-state index is 10.8. The molecule has 6 heteroatoms. The molecule has 1 aliphatic heterocycles. The van der Waals surface area contributed by atoms with Crippen LogP contribution in [0.3, 0.4) is 0 Å². The number of aryl methyl sites for hydroxylation is 2. The van der Waals surface area contributed by atoms with Crippen molar-refractivity contribution >= 4 is 22.9 Å². The van der Waals surface area contributed by atoms with Crippen molar-refractivity contribution in [3.63, 3.8) is 0 Å². The zero-order valence-electron chi connectivity index (χ0n) is 11.7. The highest BCUT2D eigenvalue weighted by Crippen LogP contribution is 2.27. The Hall–Kier alpha value is -2.63. The van der Waals surface area contributed by atoms with Gasteiger partial charge in [0.25, 0.3) is 5.69 Å². The summed E-state index contributed by atoms with van der Waals surface area (Å²) in [6.07, 6.45) is 3.48. The van der Waals surface area contributed by atoms with E-state index in [1.54, 1.807) is 13.0 Å². The van der Waals surface area contributed by atoms with Gasteiger partial charge in [-0.2, -0.15) is 0 Å². The molecule has 108 valence electrons. The lowest BCUT2D eigenvalue weighted by Gasteiger charge is -2.19. The van der Waals surface area contributed by atoms with Gasteiger partial charge in [-0.05, 0) is 49.6 Å². The molecule has 21 heavy (non-hydrogen) atoms. The van der Waals surface area contributed by atoms with Crippen molar-refractivity contribution in [2.24, 2.45) is 0 Å². The predicted octanol–water partition coefficient (Wildman–Crippen LogP) is 3.40. The molecule has 0 spiro atoms. The maximum atomic E-state index is 10.8. The van der Waals surface area contributed by atoms with Crippen molar-refractivity contribution in [1.29, 1.82) is 0 Å². The molecule has 1 aliphatic rings. The number of nitro groups is 1. The summed E-state index contributed by atoms with van der Waals surface area (Å²) in [5, 5.41) is 17.4. The molecule has 2 aromatic rings. The first-order chi connectivity index (χ1) is 10.1. The number of nitrogens with one attached hydrogen (secondary N) is 2. The molecule has 1 aromatic heterocycles. The third kappa shape index (κ3) is 2.79. The van der Waals surface area contributed by atoms with E-state index in [0.29, 0.717) is 11.4 Å². The standard InChI is InChI=1S/C15H16N4O2/c1-10-7-15(17-9-14(10)19(20)21)18-12-4-5-13-11(8-12)3-2-6-16-13/h4-5,7-9,16H,2-3,6H2,1H3,(H,17,18). The van der Waals surface area contributed by atoms with Gasteiger partial charge in [-0.3, -0.25) is 10.1 Å². The van der Waals surface area contributed by atoms with E-state index in [4.69, 9.17) is 0 Å². The van der Waals surface area contributed by atoms with Gasteiger partial charge in [-0.15, -0.1) is 0 Å². The number of pyridine rings is 1. The van der Waals surface area contributed by atoms with Crippen molar-refractivity contribution < 1.29 is 4.92 Å². The van der Waals surface area contributed by atoms with Crippen LogP contribution >= 0.6 is 0 Å². The van der Waals surface area contributed by atoms with Gasteiger partial charge < -0.3 is 10.6 Å². The summed E-state index contributed by atoms with van der Waals surface area (Å²) >= 11 is 0. The summed E-state index contributed by atoms with van der Waals surface area (Å²) in [5.41, 5.74) is 4.04. The number of hydrogen-bond donors (Lipinski definition) is 2. The van der Waals surface area contributed by atoms with Gasteiger partial charge in [-0.1, -0.05) is 0 Å². The number of rotatable bonds is 3. The van der Waals surface area contributed by atoms with Crippen LogP contribution in [0.25, 0.3) is 0 Å². The molecule has 3 rings (SSSR count). The van der Waals surface area contributed by atoms with E-state index in [9.17, 15) is 10.1 Å². The lowest BCUT2D eigenvalue weighted by molar-refractivity contribution is -0.385. The maximum Gasteiger partial charge on any atom is 0.290 e. The number of aromatic nitrogens is 1. The minimum Gasteiger partial charge on any atom is -0.385 e.